The molecule has 162 valence electrons. The van der Waals surface area contributed by atoms with E-state index in [1.54, 1.807) is 13.1 Å². The number of nitrogens with zero attached hydrogens (tertiary/aromatic N) is 1. The minimum atomic E-state index is -0.161. The Hall–Kier alpha value is -2.54. The summed E-state index contributed by atoms with van der Waals surface area (Å²) < 4.78 is 11.8. The van der Waals surface area contributed by atoms with Gasteiger partial charge in [0.05, 0.1) is 24.1 Å². The lowest BCUT2D eigenvalue weighted by molar-refractivity contribution is -0.123. The van der Waals surface area contributed by atoms with Gasteiger partial charge in [-0.2, -0.15) is 0 Å². The topological polar surface area (TPSA) is 67.9 Å². The van der Waals surface area contributed by atoms with E-state index in [0.717, 1.165) is 43.6 Å². The summed E-state index contributed by atoms with van der Waals surface area (Å²) in [6.07, 6.45) is 4.78. The lowest BCUT2D eigenvalue weighted by Gasteiger charge is -2.33. The second-order valence-corrected chi connectivity index (χ2v) is 8.52. The zero-order valence-corrected chi connectivity index (χ0v) is 18.5. The maximum absolute atomic E-state index is 12.6. The number of amides is 2. The molecule has 1 aromatic heterocycles. The number of ether oxygens (including phenoxy) is 2. The van der Waals surface area contributed by atoms with Crippen LogP contribution in [0.3, 0.4) is 0 Å². The highest BCUT2D eigenvalue weighted by molar-refractivity contribution is 7.12. The highest BCUT2D eigenvalue weighted by Gasteiger charge is 2.29. The number of likely N-dealkylation sites (N-methyl/N-ethyl adjacent to an activating group) is 1. The monoisotopic (exact) mass is 430 g/mol. The van der Waals surface area contributed by atoms with Gasteiger partial charge >= 0.3 is 0 Å². The SMILES string of the molecule is CCCOc1ccc(O[C@@H]2CCCC[C@@H]2NC(=O)CN(C)C(=O)c2cccs2)cc1. The van der Waals surface area contributed by atoms with E-state index in [0.29, 0.717) is 11.5 Å². The standard InChI is InChI=1S/C23H30N2O4S/c1-3-14-28-17-10-12-18(13-11-17)29-20-8-5-4-7-19(20)24-22(26)16-25(2)23(27)21-9-6-15-30-21/h6,9-13,15,19-20H,3-5,7-8,14,16H2,1-2H3,(H,24,26)/t19-,20+/m0/s1. The summed E-state index contributed by atoms with van der Waals surface area (Å²) in [6, 6.07) is 11.2. The molecule has 7 heteroatoms. The molecule has 0 bridgehead atoms. The van der Waals surface area contributed by atoms with E-state index in [1.165, 1.54) is 16.2 Å². The van der Waals surface area contributed by atoms with Crippen LogP contribution in [0.15, 0.2) is 41.8 Å². The summed E-state index contributed by atoms with van der Waals surface area (Å²) in [4.78, 5) is 27.0. The van der Waals surface area contributed by atoms with Gasteiger partial charge < -0.3 is 19.7 Å². The fourth-order valence-corrected chi connectivity index (χ4v) is 4.26. The normalized spacial score (nSPS) is 18.5. The van der Waals surface area contributed by atoms with E-state index >= 15 is 0 Å². The summed E-state index contributed by atoms with van der Waals surface area (Å²) in [5.41, 5.74) is 0. The van der Waals surface area contributed by atoms with Crippen molar-refractivity contribution in [2.24, 2.45) is 0 Å². The van der Waals surface area contributed by atoms with E-state index in [-0.39, 0.29) is 30.5 Å². The molecular formula is C23H30N2O4S. The van der Waals surface area contributed by atoms with Crippen molar-refractivity contribution in [3.8, 4) is 11.5 Å². The van der Waals surface area contributed by atoms with Crippen molar-refractivity contribution in [1.82, 2.24) is 10.2 Å². The number of carbonyl (C=O) groups is 2. The first-order chi connectivity index (χ1) is 14.6. The van der Waals surface area contributed by atoms with Gasteiger partial charge in [-0.1, -0.05) is 19.4 Å². The third-order valence-corrected chi connectivity index (χ3v) is 5.95. The Kier molecular flexibility index (Phi) is 8.13. The quantitative estimate of drug-likeness (QED) is 0.650. The van der Waals surface area contributed by atoms with Crippen LogP contribution < -0.4 is 14.8 Å². The average Bonchev–Trinajstić information content (AvgIpc) is 3.29. The molecule has 2 amide bonds. The fourth-order valence-electron chi connectivity index (χ4n) is 3.54. The molecule has 3 rings (SSSR count). The predicted octanol–water partition coefficient (Wildman–Crippen LogP) is 4.12. The highest BCUT2D eigenvalue weighted by atomic mass is 32.1. The van der Waals surface area contributed by atoms with Crippen molar-refractivity contribution in [2.45, 2.75) is 51.2 Å². The van der Waals surface area contributed by atoms with Gasteiger partial charge in [-0.3, -0.25) is 9.59 Å². The van der Waals surface area contributed by atoms with Crippen LogP contribution in [0.2, 0.25) is 0 Å². The Bertz CT molecular complexity index is 807. The second kappa shape index (κ2) is 11.0. The molecule has 0 unspecified atom stereocenters. The van der Waals surface area contributed by atoms with Crippen LogP contribution in [-0.4, -0.2) is 49.1 Å². The molecule has 0 radical (unpaired) electrons. The molecule has 2 atom stereocenters. The number of rotatable bonds is 9. The molecule has 1 heterocycles. The van der Waals surface area contributed by atoms with E-state index in [1.807, 2.05) is 35.7 Å². The van der Waals surface area contributed by atoms with Gasteiger partial charge in [0, 0.05) is 7.05 Å². The summed E-state index contributed by atoms with van der Waals surface area (Å²) in [5.74, 6) is 1.30. The summed E-state index contributed by atoms with van der Waals surface area (Å²) in [7, 11) is 1.65. The molecule has 1 N–H and O–H groups in total. The molecule has 0 aliphatic heterocycles. The van der Waals surface area contributed by atoms with Crippen LogP contribution in [0.1, 0.15) is 48.7 Å². The van der Waals surface area contributed by atoms with Crippen LogP contribution >= 0.6 is 11.3 Å². The van der Waals surface area contributed by atoms with Crippen molar-refractivity contribution >= 4 is 23.2 Å². The maximum atomic E-state index is 12.6. The number of hydrogen-bond donors (Lipinski definition) is 1. The van der Waals surface area contributed by atoms with Gasteiger partial charge in [0.1, 0.15) is 17.6 Å². The lowest BCUT2D eigenvalue weighted by atomic mass is 9.92. The number of carbonyl (C=O) groups excluding carboxylic acids is 2. The second-order valence-electron chi connectivity index (χ2n) is 7.57. The summed E-state index contributed by atoms with van der Waals surface area (Å²) in [5, 5.41) is 4.94. The van der Waals surface area contributed by atoms with E-state index in [9.17, 15) is 9.59 Å². The van der Waals surface area contributed by atoms with E-state index in [4.69, 9.17) is 9.47 Å². The summed E-state index contributed by atoms with van der Waals surface area (Å²) in [6.45, 7) is 2.80. The Morgan fingerprint density at radius 3 is 2.57 bits per heavy atom. The molecule has 1 saturated carbocycles. The Balaban J connectivity index is 1.53. The molecule has 30 heavy (non-hydrogen) atoms. The van der Waals surface area contributed by atoms with Gasteiger partial charge in [0.15, 0.2) is 0 Å². The molecule has 6 nitrogen and oxygen atoms in total. The third kappa shape index (κ3) is 6.23. The van der Waals surface area contributed by atoms with Gasteiger partial charge in [0.25, 0.3) is 5.91 Å². The first-order valence-electron chi connectivity index (χ1n) is 10.5. The van der Waals surface area contributed by atoms with Crippen molar-refractivity contribution in [2.75, 3.05) is 20.2 Å². The molecule has 1 aliphatic carbocycles. The van der Waals surface area contributed by atoms with E-state index < -0.39 is 0 Å². The van der Waals surface area contributed by atoms with Gasteiger partial charge in [-0.25, -0.2) is 0 Å². The Morgan fingerprint density at radius 1 is 1.13 bits per heavy atom. The molecule has 1 fully saturated rings. The molecular weight excluding hydrogens is 400 g/mol. The largest absolute Gasteiger partial charge is 0.494 e. The first kappa shape index (κ1) is 22.2. The maximum Gasteiger partial charge on any atom is 0.264 e. The number of benzene rings is 1. The lowest BCUT2D eigenvalue weighted by Crippen LogP contribution is -2.50. The molecule has 1 aromatic carbocycles. The van der Waals surface area contributed by atoms with Crippen LogP contribution in [0.4, 0.5) is 0 Å². The van der Waals surface area contributed by atoms with E-state index in [2.05, 4.69) is 12.2 Å². The number of thiophene rings is 1. The van der Waals surface area contributed by atoms with Crippen molar-refractivity contribution in [3.63, 3.8) is 0 Å². The van der Waals surface area contributed by atoms with Crippen LogP contribution in [0.5, 0.6) is 11.5 Å². The smallest absolute Gasteiger partial charge is 0.264 e. The van der Waals surface area contributed by atoms with Crippen molar-refractivity contribution in [3.05, 3.63) is 46.7 Å². The third-order valence-electron chi connectivity index (χ3n) is 5.09. The highest BCUT2D eigenvalue weighted by Crippen LogP contribution is 2.25. The fraction of sp³-hybridized carbons (Fsp3) is 0.478. The molecule has 0 saturated heterocycles. The van der Waals surface area contributed by atoms with Crippen molar-refractivity contribution in [1.29, 1.82) is 0 Å². The molecule has 1 aliphatic rings. The van der Waals surface area contributed by atoms with Crippen molar-refractivity contribution < 1.29 is 19.1 Å². The van der Waals surface area contributed by atoms with Crippen LogP contribution in [0.25, 0.3) is 0 Å². The van der Waals surface area contributed by atoms with Crippen LogP contribution in [0, 0.1) is 0 Å². The van der Waals surface area contributed by atoms with Crippen LogP contribution in [-0.2, 0) is 4.79 Å². The Morgan fingerprint density at radius 2 is 1.87 bits per heavy atom. The molecule has 0 spiro atoms. The first-order valence-corrected chi connectivity index (χ1v) is 11.4. The number of nitrogens with one attached hydrogen (secondary N) is 1. The zero-order chi connectivity index (χ0) is 21.3. The predicted molar refractivity (Wildman–Crippen MR) is 118 cm³/mol. The minimum absolute atomic E-state index is 0.0312. The zero-order valence-electron chi connectivity index (χ0n) is 17.6. The Labute approximate surface area is 182 Å². The summed E-state index contributed by atoms with van der Waals surface area (Å²) >= 11 is 1.38. The molecule has 2 aromatic rings. The van der Waals surface area contributed by atoms with Gasteiger partial charge in [0.2, 0.25) is 5.91 Å². The number of hydrogen-bond acceptors (Lipinski definition) is 5. The average molecular weight is 431 g/mol. The van der Waals surface area contributed by atoms with Gasteiger partial charge in [-0.05, 0) is 61.4 Å². The minimum Gasteiger partial charge on any atom is -0.494 e. The van der Waals surface area contributed by atoms with Gasteiger partial charge in [-0.15, -0.1) is 11.3 Å².